The van der Waals surface area contributed by atoms with Crippen LogP contribution >= 0.6 is 11.8 Å². The van der Waals surface area contributed by atoms with Crippen LogP contribution in [0.4, 0.5) is 5.69 Å². The number of rotatable bonds is 9. The Morgan fingerprint density at radius 3 is 2.61 bits per heavy atom. The molecule has 0 heterocycles. The van der Waals surface area contributed by atoms with Crippen molar-refractivity contribution in [2.45, 2.75) is 41.5 Å². The highest BCUT2D eigenvalue weighted by Gasteiger charge is 2.22. The summed E-state index contributed by atoms with van der Waals surface area (Å²) in [5, 5.41) is 13.8. The average molecular weight is 431 g/mol. The fourth-order valence-electron chi connectivity index (χ4n) is 2.75. The molecule has 1 saturated carbocycles. The molecule has 0 atom stereocenters. The second-order valence-electron chi connectivity index (χ2n) is 6.12. The summed E-state index contributed by atoms with van der Waals surface area (Å²) < 4.78 is 31.3. The molecule has 2 N–H and O–H groups in total. The van der Waals surface area contributed by atoms with Crippen molar-refractivity contribution in [3.05, 3.63) is 28.3 Å². The van der Waals surface area contributed by atoms with Gasteiger partial charge in [-0.15, -0.1) is 11.8 Å². The number of nitrogens with zero attached hydrogens (tertiary/aromatic N) is 1. The van der Waals surface area contributed by atoms with Gasteiger partial charge in [-0.05, 0) is 31.2 Å². The van der Waals surface area contributed by atoms with Crippen LogP contribution in [0.25, 0.3) is 0 Å². The van der Waals surface area contributed by atoms with E-state index in [1.165, 1.54) is 12.1 Å². The van der Waals surface area contributed by atoms with Crippen molar-refractivity contribution in [2.24, 2.45) is 0 Å². The van der Waals surface area contributed by atoms with Gasteiger partial charge in [0.25, 0.3) is 11.6 Å². The quantitative estimate of drug-likeness (QED) is 0.257. The Labute approximate surface area is 166 Å². The van der Waals surface area contributed by atoms with Gasteiger partial charge in [0.15, 0.2) is 6.61 Å². The average Bonchev–Trinajstić information content (AvgIpc) is 3.17. The van der Waals surface area contributed by atoms with Crippen molar-refractivity contribution < 1.29 is 27.7 Å². The number of ether oxygens (including phenoxy) is 1. The summed E-state index contributed by atoms with van der Waals surface area (Å²) in [5.74, 6) is -1.37. The van der Waals surface area contributed by atoms with Crippen LogP contribution in [-0.4, -0.2) is 50.7 Å². The molecule has 1 aromatic rings. The predicted octanol–water partition coefficient (Wildman–Crippen LogP) is 1.20. The number of sulfonamides is 1. The van der Waals surface area contributed by atoms with Gasteiger partial charge in [-0.3, -0.25) is 19.7 Å². The minimum absolute atomic E-state index is 0.0877. The maximum atomic E-state index is 12.3. The summed E-state index contributed by atoms with van der Waals surface area (Å²) in [6, 6.07) is 3.55. The Morgan fingerprint density at radius 1 is 1.32 bits per heavy atom. The number of amides is 1. The summed E-state index contributed by atoms with van der Waals surface area (Å²) in [6.45, 7) is -1.19. The van der Waals surface area contributed by atoms with Gasteiger partial charge in [-0.1, -0.05) is 12.8 Å². The zero-order valence-corrected chi connectivity index (χ0v) is 16.8. The Morgan fingerprint density at radius 2 is 2.00 bits per heavy atom. The molecule has 0 unspecified atom stereocenters. The number of hydrogen-bond acceptors (Lipinski definition) is 8. The van der Waals surface area contributed by atoms with E-state index in [0.717, 1.165) is 43.5 Å². The van der Waals surface area contributed by atoms with Crippen LogP contribution in [0.2, 0.25) is 0 Å². The first-order chi connectivity index (χ1) is 13.2. The number of nitro groups is 1. The van der Waals surface area contributed by atoms with Crippen LogP contribution in [-0.2, 0) is 24.3 Å². The highest BCUT2D eigenvalue weighted by Crippen LogP contribution is 2.29. The molecule has 28 heavy (non-hydrogen) atoms. The molecule has 1 aliphatic carbocycles. The summed E-state index contributed by atoms with van der Waals surface area (Å²) in [4.78, 5) is 33.8. The van der Waals surface area contributed by atoms with E-state index in [4.69, 9.17) is 4.74 Å². The van der Waals surface area contributed by atoms with E-state index >= 15 is 0 Å². The van der Waals surface area contributed by atoms with Crippen LogP contribution < -0.4 is 10.0 Å². The molecule has 1 aromatic carbocycles. The van der Waals surface area contributed by atoms with E-state index in [1.807, 2.05) is 4.72 Å². The number of carbonyl (C=O) groups excluding carboxylic acids is 2. The maximum absolute atomic E-state index is 12.3. The van der Waals surface area contributed by atoms with Gasteiger partial charge in [0, 0.05) is 12.1 Å². The zero-order chi connectivity index (χ0) is 20.7. The Kier molecular flexibility index (Phi) is 7.78. The number of esters is 1. The monoisotopic (exact) mass is 431 g/mol. The van der Waals surface area contributed by atoms with Crippen LogP contribution in [0.15, 0.2) is 28.0 Å². The molecule has 2 rings (SSSR count). The first-order valence-electron chi connectivity index (χ1n) is 8.50. The van der Waals surface area contributed by atoms with Crippen molar-refractivity contribution >= 4 is 39.3 Å². The third-order valence-corrected chi connectivity index (χ3v) is 6.33. The molecule has 10 nitrogen and oxygen atoms in total. The third kappa shape index (κ3) is 6.17. The molecular weight excluding hydrogens is 410 g/mol. The number of hydrogen-bond donors (Lipinski definition) is 2. The highest BCUT2D eigenvalue weighted by atomic mass is 32.2. The van der Waals surface area contributed by atoms with Crippen molar-refractivity contribution in [3.63, 3.8) is 0 Å². The lowest BCUT2D eigenvalue weighted by atomic mass is 10.2. The molecule has 0 spiro atoms. The summed E-state index contributed by atoms with van der Waals surface area (Å²) in [5.41, 5.74) is -0.346. The van der Waals surface area contributed by atoms with Crippen LogP contribution in [0.1, 0.15) is 25.7 Å². The first kappa shape index (κ1) is 22.1. The molecule has 154 valence electrons. The van der Waals surface area contributed by atoms with Crippen LogP contribution in [0.5, 0.6) is 0 Å². The highest BCUT2D eigenvalue weighted by molar-refractivity contribution is 7.98. The second-order valence-corrected chi connectivity index (χ2v) is 8.74. The van der Waals surface area contributed by atoms with Crippen molar-refractivity contribution in [3.8, 4) is 0 Å². The summed E-state index contributed by atoms with van der Waals surface area (Å²) in [6.07, 6.45) is 5.50. The normalized spacial score (nSPS) is 14.6. The van der Waals surface area contributed by atoms with Gasteiger partial charge in [0.2, 0.25) is 10.0 Å². The lowest BCUT2D eigenvalue weighted by molar-refractivity contribution is -0.387. The zero-order valence-electron chi connectivity index (χ0n) is 15.2. The second kappa shape index (κ2) is 9.85. The van der Waals surface area contributed by atoms with Gasteiger partial charge in [0.05, 0.1) is 14.7 Å². The molecule has 0 saturated heterocycles. The largest absolute Gasteiger partial charge is 0.455 e. The topological polar surface area (TPSA) is 145 Å². The van der Waals surface area contributed by atoms with Gasteiger partial charge in [-0.25, -0.2) is 8.42 Å². The minimum Gasteiger partial charge on any atom is -0.455 e. The van der Waals surface area contributed by atoms with Gasteiger partial charge in [0.1, 0.15) is 6.54 Å². The number of thioether (sulfide) groups is 1. The molecular formula is C16H21N3O7S2. The number of nitrogens with one attached hydrogen (secondary N) is 2. The first-order valence-corrected chi connectivity index (χ1v) is 11.2. The standard InChI is InChI=1S/C16H21N3O7S2/c1-27-14-7-6-12(8-13(14)19(22)23)28(24,25)17-9-16(21)26-10-15(20)18-11-4-2-3-5-11/h6-8,11,17H,2-5,9-10H2,1H3,(H,18,20). The molecule has 0 bridgehead atoms. The van der Waals surface area contributed by atoms with Crippen molar-refractivity contribution in [2.75, 3.05) is 19.4 Å². The maximum Gasteiger partial charge on any atom is 0.321 e. The van der Waals surface area contributed by atoms with E-state index in [9.17, 15) is 28.1 Å². The van der Waals surface area contributed by atoms with Gasteiger partial charge < -0.3 is 10.1 Å². The number of benzene rings is 1. The molecule has 0 aromatic heterocycles. The third-order valence-electron chi connectivity index (χ3n) is 4.15. The molecule has 1 aliphatic rings. The molecule has 0 radical (unpaired) electrons. The summed E-state index contributed by atoms with van der Waals surface area (Å²) >= 11 is 1.11. The number of nitro benzene ring substituents is 1. The van der Waals surface area contributed by atoms with Gasteiger partial charge >= 0.3 is 5.97 Å². The van der Waals surface area contributed by atoms with Crippen LogP contribution in [0.3, 0.4) is 0 Å². The van der Waals surface area contributed by atoms with E-state index < -0.39 is 40.0 Å². The lowest BCUT2D eigenvalue weighted by Gasteiger charge is -2.12. The Hall–Kier alpha value is -2.18. The van der Waals surface area contributed by atoms with Gasteiger partial charge in [-0.2, -0.15) is 4.72 Å². The fourth-order valence-corrected chi connectivity index (χ4v) is 4.29. The molecule has 0 aliphatic heterocycles. The Balaban J connectivity index is 1.88. The minimum atomic E-state index is -4.16. The van der Waals surface area contributed by atoms with Crippen molar-refractivity contribution in [1.29, 1.82) is 0 Å². The predicted molar refractivity (Wildman–Crippen MR) is 101 cm³/mol. The van der Waals surface area contributed by atoms with E-state index in [-0.39, 0.29) is 16.6 Å². The van der Waals surface area contributed by atoms with E-state index in [1.54, 1.807) is 6.26 Å². The van der Waals surface area contributed by atoms with Crippen LogP contribution in [0, 0.1) is 10.1 Å². The molecule has 1 fully saturated rings. The van der Waals surface area contributed by atoms with E-state index in [2.05, 4.69) is 5.32 Å². The lowest BCUT2D eigenvalue weighted by Crippen LogP contribution is -2.37. The fraction of sp³-hybridized carbons (Fsp3) is 0.500. The Bertz CT molecular complexity index is 852. The van der Waals surface area contributed by atoms with E-state index in [0.29, 0.717) is 4.90 Å². The summed E-state index contributed by atoms with van der Waals surface area (Å²) in [7, 11) is -4.16. The molecule has 12 heteroatoms. The number of carbonyl (C=O) groups is 2. The van der Waals surface area contributed by atoms with Crippen molar-refractivity contribution in [1.82, 2.24) is 10.0 Å². The smallest absolute Gasteiger partial charge is 0.321 e. The SMILES string of the molecule is CSc1ccc(S(=O)(=O)NCC(=O)OCC(=O)NC2CCCC2)cc1[N+](=O)[O-]. The molecule has 1 amide bonds.